The van der Waals surface area contributed by atoms with Crippen molar-refractivity contribution in [1.82, 2.24) is 14.0 Å². The average Bonchev–Trinajstić information content (AvgIpc) is 3.30. The van der Waals surface area contributed by atoms with Crippen LogP contribution < -0.4 is 15.4 Å². The Hall–Kier alpha value is -2.56. The van der Waals surface area contributed by atoms with Crippen molar-refractivity contribution in [2.24, 2.45) is 11.7 Å². The van der Waals surface area contributed by atoms with Gasteiger partial charge in [0.2, 0.25) is 0 Å². The van der Waals surface area contributed by atoms with Gasteiger partial charge in [-0.1, -0.05) is 6.92 Å². The number of carbonyl (C=O) groups excluding carboxylic acids is 1. The van der Waals surface area contributed by atoms with Crippen LogP contribution in [0.2, 0.25) is 0 Å². The molecule has 1 aromatic heterocycles. The van der Waals surface area contributed by atoms with Crippen molar-refractivity contribution in [3.63, 3.8) is 0 Å². The number of pyridine rings is 1. The number of hydrogen-bond acceptors (Lipinski definition) is 6. The number of nitrogens with two attached hydrogens (primary N) is 1. The maximum atomic E-state index is 14.1. The molecule has 0 aliphatic carbocycles. The number of amides is 1. The molecule has 1 aromatic carbocycles. The fourth-order valence-corrected chi connectivity index (χ4v) is 5.90. The predicted octanol–water partition coefficient (Wildman–Crippen LogP) is 2.83. The number of anilines is 1. The van der Waals surface area contributed by atoms with Crippen LogP contribution in [-0.4, -0.2) is 54.8 Å². The highest BCUT2D eigenvalue weighted by atomic mass is 32.2. The first-order chi connectivity index (χ1) is 15.9. The number of benzene rings is 1. The fourth-order valence-electron chi connectivity index (χ4n) is 4.69. The molecular formula is C24H32FN5O3S. The molecule has 1 unspecified atom stereocenters. The summed E-state index contributed by atoms with van der Waals surface area (Å²) in [5, 5.41) is 0. The number of halogens is 1. The van der Waals surface area contributed by atoms with E-state index in [1.807, 2.05) is 11.0 Å². The molecule has 3 heterocycles. The minimum Gasteiger partial charge on any atom is -0.351 e. The molecule has 10 heteroatoms. The molecule has 8 nitrogen and oxygen atoms in total. The summed E-state index contributed by atoms with van der Waals surface area (Å²) in [6.45, 7) is 9.20. The quantitative estimate of drug-likeness (QED) is 0.669. The van der Waals surface area contributed by atoms with Gasteiger partial charge in [0.05, 0.1) is 11.3 Å². The second kappa shape index (κ2) is 8.90. The Bertz CT molecular complexity index is 1200. The van der Waals surface area contributed by atoms with E-state index in [-0.39, 0.29) is 36.1 Å². The Balaban J connectivity index is 1.75. The fraction of sp³-hybridized carbons (Fsp3) is 0.500. The van der Waals surface area contributed by atoms with Crippen LogP contribution in [-0.2, 0) is 10.2 Å². The van der Waals surface area contributed by atoms with E-state index in [4.69, 9.17) is 10.7 Å². The van der Waals surface area contributed by atoms with Crippen molar-refractivity contribution < 1.29 is 17.6 Å². The lowest BCUT2D eigenvalue weighted by Crippen LogP contribution is -2.45. The molecule has 2 atom stereocenters. The van der Waals surface area contributed by atoms with Gasteiger partial charge >= 0.3 is 10.2 Å². The summed E-state index contributed by atoms with van der Waals surface area (Å²) < 4.78 is 43.1. The first kappa shape index (κ1) is 24.6. The molecule has 2 aromatic rings. The average molecular weight is 490 g/mol. The third kappa shape index (κ3) is 4.67. The molecule has 34 heavy (non-hydrogen) atoms. The van der Waals surface area contributed by atoms with Crippen LogP contribution in [0, 0.1) is 18.7 Å². The van der Waals surface area contributed by atoms with E-state index < -0.39 is 16.1 Å². The third-order valence-electron chi connectivity index (χ3n) is 7.15. The van der Waals surface area contributed by atoms with Gasteiger partial charge in [-0.05, 0) is 75.4 Å². The van der Waals surface area contributed by atoms with Crippen molar-refractivity contribution in [3.05, 3.63) is 47.3 Å². The molecule has 4 rings (SSSR count). The molecule has 0 saturated carbocycles. The molecule has 2 aliphatic rings. The maximum absolute atomic E-state index is 14.1. The first-order valence-electron chi connectivity index (χ1n) is 11.5. The zero-order valence-corrected chi connectivity index (χ0v) is 20.8. The SMILES string of the molecule is Cc1cc(F)cc(-c2ccc(C(=O)NS(=O)(=O)N3CC[C@H](N)C3)c(N3CCC(C)C3(C)C)n2)c1. The van der Waals surface area contributed by atoms with Crippen LogP contribution in [0.4, 0.5) is 10.2 Å². The topological polar surface area (TPSA) is 109 Å². The van der Waals surface area contributed by atoms with E-state index >= 15 is 0 Å². The van der Waals surface area contributed by atoms with Gasteiger partial charge in [0, 0.05) is 36.8 Å². The van der Waals surface area contributed by atoms with Crippen molar-refractivity contribution in [3.8, 4) is 11.3 Å². The molecule has 0 spiro atoms. The largest absolute Gasteiger partial charge is 0.351 e. The number of nitrogens with one attached hydrogen (secondary N) is 1. The summed E-state index contributed by atoms with van der Waals surface area (Å²) in [6, 6.07) is 7.61. The van der Waals surface area contributed by atoms with Gasteiger partial charge in [0.1, 0.15) is 11.6 Å². The zero-order chi connectivity index (χ0) is 24.8. The van der Waals surface area contributed by atoms with Gasteiger partial charge in [0.15, 0.2) is 0 Å². The van der Waals surface area contributed by atoms with E-state index in [2.05, 4.69) is 25.5 Å². The molecule has 1 amide bonds. The Morgan fingerprint density at radius 3 is 2.53 bits per heavy atom. The van der Waals surface area contributed by atoms with Gasteiger partial charge in [0.25, 0.3) is 5.91 Å². The predicted molar refractivity (Wildman–Crippen MR) is 130 cm³/mol. The number of carbonyl (C=O) groups is 1. The van der Waals surface area contributed by atoms with E-state index in [0.29, 0.717) is 36.0 Å². The molecule has 2 saturated heterocycles. The Kier molecular flexibility index (Phi) is 6.43. The molecule has 2 aliphatic heterocycles. The van der Waals surface area contributed by atoms with E-state index in [1.165, 1.54) is 16.4 Å². The molecular weight excluding hydrogens is 457 g/mol. The van der Waals surface area contributed by atoms with Crippen molar-refractivity contribution in [2.75, 3.05) is 24.5 Å². The van der Waals surface area contributed by atoms with Crippen LogP contribution in [0.15, 0.2) is 30.3 Å². The normalized spacial score (nSPS) is 22.8. The number of nitrogens with zero attached hydrogens (tertiary/aromatic N) is 3. The molecule has 0 bridgehead atoms. The summed E-state index contributed by atoms with van der Waals surface area (Å²) in [5.41, 5.74) is 7.56. The molecule has 0 radical (unpaired) electrons. The summed E-state index contributed by atoms with van der Waals surface area (Å²) in [6.07, 6.45) is 1.45. The van der Waals surface area contributed by atoms with E-state index in [1.54, 1.807) is 19.1 Å². The number of rotatable bonds is 5. The lowest BCUT2D eigenvalue weighted by molar-refractivity contribution is 0.0979. The van der Waals surface area contributed by atoms with Crippen LogP contribution in [0.3, 0.4) is 0 Å². The first-order valence-corrected chi connectivity index (χ1v) is 13.0. The van der Waals surface area contributed by atoms with Crippen LogP contribution >= 0.6 is 0 Å². The summed E-state index contributed by atoms with van der Waals surface area (Å²) >= 11 is 0. The summed E-state index contributed by atoms with van der Waals surface area (Å²) in [5.74, 6) is -0.398. The lowest BCUT2D eigenvalue weighted by atomic mass is 9.90. The van der Waals surface area contributed by atoms with Gasteiger partial charge < -0.3 is 10.6 Å². The zero-order valence-electron chi connectivity index (χ0n) is 20.0. The standard InChI is InChI=1S/C24H32FN5O3S/c1-15-11-17(13-18(25)12-15)21-6-5-20(22(27-21)30-10-7-16(2)24(30,3)4)23(31)28-34(32,33)29-9-8-19(26)14-29/h5-6,11-13,16,19H,7-10,14,26H2,1-4H3,(H,28,31)/t16?,19-/m0/s1. The highest BCUT2D eigenvalue weighted by Gasteiger charge is 2.41. The smallest absolute Gasteiger partial charge is 0.304 e. The van der Waals surface area contributed by atoms with Crippen molar-refractivity contribution in [1.29, 1.82) is 0 Å². The van der Waals surface area contributed by atoms with Crippen molar-refractivity contribution in [2.45, 2.75) is 52.1 Å². The molecule has 2 fully saturated rings. The Morgan fingerprint density at radius 1 is 1.21 bits per heavy atom. The van der Waals surface area contributed by atoms with E-state index in [9.17, 15) is 17.6 Å². The molecule has 184 valence electrons. The molecule has 3 N–H and O–H groups in total. The van der Waals surface area contributed by atoms with Crippen LogP contribution in [0.1, 0.15) is 49.5 Å². The second-order valence-electron chi connectivity index (χ2n) is 9.92. The van der Waals surface area contributed by atoms with Crippen LogP contribution in [0.25, 0.3) is 11.3 Å². The highest BCUT2D eigenvalue weighted by Crippen LogP contribution is 2.39. The Labute approximate surface area is 200 Å². The third-order valence-corrected chi connectivity index (χ3v) is 8.60. The maximum Gasteiger partial charge on any atom is 0.304 e. The summed E-state index contributed by atoms with van der Waals surface area (Å²) in [7, 11) is -4.04. The minimum absolute atomic E-state index is 0.158. The lowest BCUT2D eigenvalue weighted by Gasteiger charge is -2.36. The van der Waals surface area contributed by atoms with E-state index in [0.717, 1.165) is 12.0 Å². The number of hydrogen-bond donors (Lipinski definition) is 2. The second-order valence-corrected chi connectivity index (χ2v) is 11.6. The van der Waals surface area contributed by atoms with Gasteiger partial charge in [-0.3, -0.25) is 4.79 Å². The number of aromatic nitrogens is 1. The monoisotopic (exact) mass is 489 g/mol. The summed E-state index contributed by atoms with van der Waals surface area (Å²) in [4.78, 5) is 20.1. The van der Waals surface area contributed by atoms with Gasteiger partial charge in [-0.15, -0.1) is 0 Å². The van der Waals surface area contributed by atoms with Gasteiger partial charge in [-0.2, -0.15) is 12.7 Å². The Morgan fingerprint density at radius 2 is 1.94 bits per heavy atom. The van der Waals surface area contributed by atoms with Gasteiger partial charge in [-0.25, -0.2) is 14.1 Å². The highest BCUT2D eigenvalue weighted by molar-refractivity contribution is 7.87. The minimum atomic E-state index is -4.04. The van der Waals surface area contributed by atoms with Crippen LogP contribution in [0.5, 0.6) is 0 Å². The number of aryl methyl sites for hydroxylation is 1. The van der Waals surface area contributed by atoms with Crippen molar-refractivity contribution >= 4 is 21.9 Å².